The van der Waals surface area contributed by atoms with Crippen molar-refractivity contribution < 1.29 is 9.90 Å². The molecule has 0 saturated heterocycles. The van der Waals surface area contributed by atoms with Crippen molar-refractivity contribution in [2.45, 2.75) is 6.92 Å². The maximum Gasteiger partial charge on any atom is 0.300 e. The lowest BCUT2D eigenvalue weighted by Crippen LogP contribution is -1.78. The summed E-state index contributed by atoms with van der Waals surface area (Å²) in [4.78, 5) is 16.5. The molecule has 3 rings (SSSR count). The van der Waals surface area contributed by atoms with Crippen LogP contribution in [0, 0.1) is 0 Å². The van der Waals surface area contributed by atoms with Gasteiger partial charge in [0, 0.05) is 29.4 Å². The third kappa shape index (κ3) is 2.42. The smallest absolute Gasteiger partial charge is 0.300 e. The zero-order valence-electron chi connectivity index (χ0n) is 9.34. The van der Waals surface area contributed by atoms with E-state index in [4.69, 9.17) is 9.90 Å². The van der Waals surface area contributed by atoms with E-state index in [0.717, 1.165) is 18.1 Å². The van der Waals surface area contributed by atoms with Crippen LogP contribution < -0.4 is 0 Å². The van der Waals surface area contributed by atoms with E-state index in [1.165, 1.54) is 10.8 Å². The molecular weight excluding hydrogens is 216 g/mol. The number of aromatic amines is 1. The summed E-state index contributed by atoms with van der Waals surface area (Å²) in [5.41, 5.74) is 2.11. The van der Waals surface area contributed by atoms with Gasteiger partial charge in [0.1, 0.15) is 5.65 Å². The number of para-hydroxylation sites is 1. The number of H-pyrrole nitrogens is 1. The molecule has 1 aromatic carbocycles. The normalized spacial score (nSPS) is 9.94. The van der Waals surface area contributed by atoms with Crippen LogP contribution in [0.2, 0.25) is 0 Å². The minimum absolute atomic E-state index is 0.833. The number of rotatable bonds is 0. The van der Waals surface area contributed by atoms with Gasteiger partial charge in [0.2, 0.25) is 0 Å². The molecule has 4 heteroatoms. The third-order valence-corrected chi connectivity index (χ3v) is 2.28. The Bertz CT molecular complexity index is 604. The van der Waals surface area contributed by atoms with Crippen molar-refractivity contribution in [3.63, 3.8) is 0 Å². The van der Waals surface area contributed by atoms with Crippen molar-refractivity contribution in [1.82, 2.24) is 9.97 Å². The number of pyridine rings is 1. The Morgan fingerprint density at radius 2 is 1.82 bits per heavy atom. The first-order valence-electron chi connectivity index (χ1n) is 5.19. The summed E-state index contributed by atoms with van der Waals surface area (Å²) in [7, 11) is 0. The number of benzene rings is 1. The molecule has 17 heavy (non-hydrogen) atoms. The highest BCUT2D eigenvalue weighted by atomic mass is 16.4. The van der Waals surface area contributed by atoms with E-state index >= 15 is 0 Å². The monoisotopic (exact) mass is 228 g/mol. The van der Waals surface area contributed by atoms with Crippen molar-refractivity contribution in [3.8, 4) is 0 Å². The number of hydrogen-bond acceptors (Lipinski definition) is 2. The van der Waals surface area contributed by atoms with Gasteiger partial charge in [-0.1, -0.05) is 18.2 Å². The van der Waals surface area contributed by atoms with Gasteiger partial charge in [0.15, 0.2) is 0 Å². The SMILES string of the molecule is CC(=O)O.c1ccc2c(c1)[nH]c1ncccc12. The van der Waals surface area contributed by atoms with Crippen LogP contribution in [0.3, 0.4) is 0 Å². The first-order valence-corrected chi connectivity index (χ1v) is 5.19. The summed E-state index contributed by atoms with van der Waals surface area (Å²) in [5.74, 6) is -0.833. The highest BCUT2D eigenvalue weighted by Gasteiger charge is 2.01. The van der Waals surface area contributed by atoms with Crippen LogP contribution in [0.25, 0.3) is 21.9 Å². The minimum Gasteiger partial charge on any atom is -0.481 e. The topological polar surface area (TPSA) is 66.0 Å². The summed E-state index contributed by atoms with van der Waals surface area (Å²) in [5, 5.41) is 9.85. The third-order valence-electron chi connectivity index (χ3n) is 2.28. The molecule has 86 valence electrons. The average molecular weight is 228 g/mol. The number of carboxylic acid groups (broad SMARTS) is 1. The number of aromatic nitrogens is 2. The van der Waals surface area contributed by atoms with Crippen LogP contribution in [0.1, 0.15) is 6.92 Å². The number of aliphatic carboxylic acids is 1. The Hall–Kier alpha value is -2.36. The Labute approximate surface area is 97.9 Å². The average Bonchev–Trinajstić information content (AvgIpc) is 2.66. The molecule has 2 heterocycles. The largest absolute Gasteiger partial charge is 0.481 e. The van der Waals surface area contributed by atoms with Gasteiger partial charge >= 0.3 is 0 Å². The molecule has 2 N–H and O–H groups in total. The second kappa shape index (κ2) is 4.65. The quantitative estimate of drug-likeness (QED) is 0.621. The maximum absolute atomic E-state index is 9.00. The minimum atomic E-state index is -0.833. The van der Waals surface area contributed by atoms with E-state index in [1.807, 2.05) is 18.2 Å². The molecule has 0 unspecified atom stereocenters. The molecule has 0 aliphatic carbocycles. The molecule has 0 saturated carbocycles. The van der Waals surface area contributed by atoms with Crippen molar-refractivity contribution in [1.29, 1.82) is 0 Å². The van der Waals surface area contributed by atoms with E-state index in [0.29, 0.717) is 0 Å². The Balaban J connectivity index is 0.000000239. The highest BCUT2D eigenvalue weighted by molar-refractivity contribution is 6.05. The van der Waals surface area contributed by atoms with Crippen molar-refractivity contribution >= 4 is 27.9 Å². The van der Waals surface area contributed by atoms with Gasteiger partial charge in [-0.25, -0.2) is 4.98 Å². The summed E-state index contributed by atoms with van der Waals surface area (Å²) in [6.45, 7) is 1.08. The van der Waals surface area contributed by atoms with E-state index in [1.54, 1.807) is 6.20 Å². The zero-order valence-corrected chi connectivity index (χ0v) is 9.34. The van der Waals surface area contributed by atoms with Crippen LogP contribution in [0.4, 0.5) is 0 Å². The van der Waals surface area contributed by atoms with Gasteiger partial charge in [-0.05, 0) is 18.2 Å². The van der Waals surface area contributed by atoms with E-state index in [-0.39, 0.29) is 0 Å². The molecule has 0 radical (unpaired) electrons. The Morgan fingerprint density at radius 3 is 2.59 bits per heavy atom. The number of carboxylic acids is 1. The molecule has 2 aromatic heterocycles. The second-order valence-electron chi connectivity index (χ2n) is 3.59. The summed E-state index contributed by atoms with van der Waals surface area (Å²) < 4.78 is 0. The summed E-state index contributed by atoms with van der Waals surface area (Å²) in [6, 6.07) is 12.3. The molecule has 0 amide bonds. The molecule has 0 fully saturated rings. The van der Waals surface area contributed by atoms with Crippen LogP contribution in [0.5, 0.6) is 0 Å². The number of carbonyl (C=O) groups is 1. The first kappa shape index (κ1) is 11.1. The molecule has 0 spiro atoms. The molecule has 4 nitrogen and oxygen atoms in total. The molecule has 0 bridgehead atoms. The molecule has 0 atom stereocenters. The summed E-state index contributed by atoms with van der Waals surface area (Å²) >= 11 is 0. The van der Waals surface area contributed by atoms with E-state index in [9.17, 15) is 0 Å². The molecule has 3 aromatic rings. The van der Waals surface area contributed by atoms with E-state index in [2.05, 4.69) is 28.2 Å². The van der Waals surface area contributed by atoms with Crippen molar-refractivity contribution in [3.05, 3.63) is 42.6 Å². The van der Waals surface area contributed by atoms with Crippen LogP contribution in [-0.2, 0) is 4.79 Å². The zero-order chi connectivity index (χ0) is 12.3. The van der Waals surface area contributed by atoms with Crippen molar-refractivity contribution in [2.75, 3.05) is 0 Å². The van der Waals surface area contributed by atoms with E-state index < -0.39 is 5.97 Å². The van der Waals surface area contributed by atoms with Gasteiger partial charge in [-0.2, -0.15) is 0 Å². The Morgan fingerprint density at radius 1 is 1.18 bits per heavy atom. The van der Waals surface area contributed by atoms with Gasteiger partial charge < -0.3 is 10.1 Å². The Kier molecular flexibility index (Phi) is 3.05. The lowest BCUT2D eigenvalue weighted by Gasteiger charge is -1.87. The predicted molar refractivity (Wildman–Crippen MR) is 66.9 cm³/mol. The van der Waals surface area contributed by atoms with Crippen LogP contribution >= 0.6 is 0 Å². The lowest BCUT2D eigenvalue weighted by atomic mass is 10.2. The van der Waals surface area contributed by atoms with Gasteiger partial charge in [-0.15, -0.1) is 0 Å². The second-order valence-corrected chi connectivity index (χ2v) is 3.59. The molecular formula is C13H12N2O2. The lowest BCUT2D eigenvalue weighted by molar-refractivity contribution is -0.134. The van der Waals surface area contributed by atoms with Crippen LogP contribution in [-0.4, -0.2) is 21.0 Å². The number of fused-ring (bicyclic) bond motifs is 3. The van der Waals surface area contributed by atoms with Gasteiger partial charge in [-0.3, -0.25) is 4.79 Å². The van der Waals surface area contributed by atoms with Crippen LogP contribution in [0.15, 0.2) is 42.6 Å². The fourth-order valence-electron chi connectivity index (χ4n) is 1.68. The number of nitrogens with zero attached hydrogens (tertiary/aromatic N) is 1. The number of hydrogen-bond donors (Lipinski definition) is 2. The predicted octanol–water partition coefficient (Wildman–Crippen LogP) is 2.81. The van der Waals surface area contributed by atoms with Gasteiger partial charge in [0.05, 0.1) is 0 Å². The van der Waals surface area contributed by atoms with Crippen molar-refractivity contribution in [2.24, 2.45) is 0 Å². The fraction of sp³-hybridized carbons (Fsp3) is 0.0769. The van der Waals surface area contributed by atoms with Gasteiger partial charge in [0.25, 0.3) is 5.97 Å². The fourth-order valence-corrected chi connectivity index (χ4v) is 1.68. The number of nitrogens with one attached hydrogen (secondary N) is 1. The summed E-state index contributed by atoms with van der Waals surface area (Å²) in [6.07, 6.45) is 1.80. The maximum atomic E-state index is 9.00. The highest BCUT2D eigenvalue weighted by Crippen LogP contribution is 2.22. The molecule has 0 aliphatic heterocycles. The standard InChI is InChI=1S/C11H8N2.C2H4O2/c1-2-6-10-8(4-1)9-5-3-7-12-11(9)13-10;1-2(3)4/h1-7H,(H,12,13);1H3,(H,3,4). The first-order chi connectivity index (χ1) is 8.18. The molecule has 0 aliphatic rings.